The van der Waals surface area contributed by atoms with Crippen LogP contribution in [0.4, 0.5) is 16.2 Å². The van der Waals surface area contributed by atoms with E-state index < -0.39 is 12.0 Å². The number of aromatic nitrogens is 2. The maximum atomic E-state index is 12.7. The Morgan fingerprint density at radius 3 is 2.42 bits per heavy atom. The maximum Gasteiger partial charge on any atom is 0.411 e. The number of para-hydroxylation sites is 1. The molecule has 0 saturated carbocycles. The Hall–Kier alpha value is -4.14. The quantitative estimate of drug-likeness (QED) is 0.513. The first kappa shape index (κ1) is 23.5. The number of amides is 2. The number of hydrogen-bond donors (Lipinski definition) is 2. The number of anilines is 2. The van der Waals surface area contributed by atoms with Crippen molar-refractivity contribution in [1.29, 1.82) is 0 Å². The molecular formula is C24H26N4O5. The third-order valence-corrected chi connectivity index (χ3v) is 4.33. The van der Waals surface area contributed by atoms with Crippen LogP contribution < -0.4 is 20.9 Å². The molecule has 0 saturated heterocycles. The van der Waals surface area contributed by atoms with E-state index in [4.69, 9.17) is 9.47 Å². The number of ether oxygens (including phenoxy) is 2. The highest BCUT2D eigenvalue weighted by Crippen LogP contribution is 2.16. The molecule has 3 rings (SSSR count). The zero-order valence-corrected chi connectivity index (χ0v) is 18.5. The van der Waals surface area contributed by atoms with E-state index in [2.05, 4.69) is 15.7 Å². The molecule has 0 unspecified atom stereocenters. The minimum atomic E-state index is -0.571. The fourth-order valence-electron chi connectivity index (χ4n) is 2.76. The van der Waals surface area contributed by atoms with E-state index in [1.165, 1.54) is 16.8 Å². The van der Waals surface area contributed by atoms with Gasteiger partial charge in [0.1, 0.15) is 18.1 Å². The number of carbonyl (C=O) groups excluding carboxylic acids is 2. The molecule has 2 N–H and O–H groups in total. The Bertz CT molecular complexity index is 1140. The van der Waals surface area contributed by atoms with Crippen molar-refractivity contribution in [1.82, 2.24) is 9.78 Å². The van der Waals surface area contributed by atoms with Gasteiger partial charge in [-0.3, -0.25) is 14.9 Å². The summed E-state index contributed by atoms with van der Waals surface area (Å²) >= 11 is 0. The molecule has 0 radical (unpaired) electrons. The van der Waals surface area contributed by atoms with E-state index >= 15 is 0 Å². The van der Waals surface area contributed by atoms with Gasteiger partial charge in [-0.25, -0.2) is 9.48 Å². The number of nitrogens with zero attached hydrogens (tertiary/aromatic N) is 2. The van der Waals surface area contributed by atoms with Gasteiger partial charge in [-0.15, -0.1) is 0 Å². The summed E-state index contributed by atoms with van der Waals surface area (Å²) in [6.07, 6.45) is -0.571. The third-order valence-electron chi connectivity index (χ3n) is 4.33. The summed E-state index contributed by atoms with van der Waals surface area (Å²) in [4.78, 5) is 36.6. The van der Waals surface area contributed by atoms with Gasteiger partial charge in [0.05, 0.1) is 13.2 Å². The monoisotopic (exact) mass is 450 g/mol. The van der Waals surface area contributed by atoms with Gasteiger partial charge >= 0.3 is 6.09 Å². The fourth-order valence-corrected chi connectivity index (χ4v) is 2.76. The van der Waals surface area contributed by atoms with Gasteiger partial charge < -0.3 is 14.8 Å². The van der Waals surface area contributed by atoms with Crippen molar-refractivity contribution in [3.63, 3.8) is 0 Å². The van der Waals surface area contributed by atoms with Crippen molar-refractivity contribution < 1.29 is 19.1 Å². The molecule has 0 aliphatic rings. The summed E-state index contributed by atoms with van der Waals surface area (Å²) in [6, 6.07) is 18.5. The molecule has 0 aliphatic heterocycles. The average Bonchev–Trinajstić information content (AvgIpc) is 2.80. The zero-order valence-electron chi connectivity index (χ0n) is 18.5. The highest BCUT2D eigenvalue weighted by Gasteiger charge is 2.11. The Labute approximate surface area is 191 Å². The van der Waals surface area contributed by atoms with Crippen molar-refractivity contribution in [2.24, 2.45) is 5.92 Å². The molecule has 33 heavy (non-hydrogen) atoms. The molecule has 0 atom stereocenters. The van der Waals surface area contributed by atoms with Crippen LogP contribution in [0.2, 0.25) is 0 Å². The lowest BCUT2D eigenvalue weighted by Gasteiger charge is -2.11. The van der Waals surface area contributed by atoms with Crippen molar-refractivity contribution in [3.05, 3.63) is 82.8 Å². The number of carbonyl (C=O) groups is 2. The summed E-state index contributed by atoms with van der Waals surface area (Å²) in [6.45, 7) is 4.60. The van der Waals surface area contributed by atoms with Crippen LogP contribution >= 0.6 is 0 Å². The van der Waals surface area contributed by atoms with Gasteiger partial charge in [-0.05, 0) is 42.3 Å². The molecule has 2 aromatic carbocycles. The molecule has 3 aromatic rings. The van der Waals surface area contributed by atoms with Gasteiger partial charge in [-0.1, -0.05) is 38.1 Å². The molecule has 1 heterocycles. The highest BCUT2D eigenvalue weighted by atomic mass is 16.5. The fraction of sp³-hybridized carbons (Fsp3) is 0.250. The van der Waals surface area contributed by atoms with Gasteiger partial charge in [0.2, 0.25) is 0 Å². The van der Waals surface area contributed by atoms with Crippen LogP contribution in [0.5, 0.6) is 5.75 Å². The Morgan fingerprint density at radius 2 is 1.70 bits per heavy atom. The minimum absolute atomic E-state index is 0.0732. The predicted octanol–water partition coefficient (Wildman–Crippen LogP) is 3.78. The molecular weight excluding hydrogens is 424 g/mol. The van der Waals surface area contributed by atoms with Crippen LogP contribution in [0, 0.1) is 5.92 Å². The first-order chi connectivity index (χ1) is 15.9. The standard InChI is InChI=1S/C24H26N4O5/c1-17(2)16-33-24(31)26-19-8-6-7-18(15-19)25-23(30)21-11-12-22(29)28(27-21)13-14-32-20-9-4-3-5-10-20/h3-12,15,17H,13-14,16H2,1-2H3,(H,25,30)(H,26,31). The van der Waals surface area contributed by atoms with Crippen molar-refractivity contribution in [3.8, 4) is 5.75 Å². The van der Waals surface area contributed by atoms with E-state index in [1.54, 1.807) is 24.3 Å². The number of hydrogen-bond acceptors (Lipinski definition) is 6. The number of rotatable bonds is 9. The second-order valence-electron chi connectivity index (χ2n) is 7.59. The van der Waals surface area contributed by atoms with E-state index in [-0.39, 0.29) is 30.3 Å². The minimum Gasteiger partial charge on any atom is -0.492 e. The van der Waals surface area contributed by atoms with Crippen LogP contribution in [0.3, 0.4) is 0 Å². The van der Waals surface area contributed by atoms with Crippen LogP contribution in [-0.2, 0) is 11.3 Å². The lowest BCUT2D eigenvalue weighted by atomic mass is 10.2. The smallest absolute Gasteiger partial charge is 0.411 e. The molecule has 172 valence electrons. The Morgan fingerprint density at radius 1 is 0.970 bits per heavy atom. The molecule has 1 aromatic heterocycles. The molecule has 0 fully saturated rings. The van der Waals surface area contributed by atoms with Crippen LogP contribution in [0.15, 0.2) is 71.5 Å². The lowest BCUT2D eigenvalue weighted by Crippen LogP contribution is -2.28. The van der Waals surface area contributed by atoms with Crippen LogP contribution in [0.25, 0.3) is 0 Å². The summed E-state index contributed by atoms with van der Waals surface area (Å²) in [5, 5.41) is 9.46. The van der Waals surface area contributed by atoms with E-state index in [9.17, 15) is 14.4 Å². The van der Waals surface area contributed by atoms with E-state index in [1.807, 2.05) is 44.2 Å². The maximum absolute atomic E-state index is 12.7. The predicted molar refractivity (Wildman–Crippen MR) is 125 cm³/mol. The molecule has 0 aliphatic carbocycles. The second-order valence-corrected chi connectivity index (χ2v) is 7.59. The lowest BCUT2D eigenvalue weighted by molar-refractivity contribution is 0.101. The zero-order chi connectivity index (χ0) is 23.6. The van der Waals surface area contributed by atoms with Crippen LogP contribution in [0.1, 0.15) is 24.3 Å². The van der Waals surface area contributed by atoms with E-state index in [0.717, 1.165) is 0 Å². The van der Waals surface area contributed by atoms with E-state index in [0.29, 0.717) is 23.7 Å². The summed E-state index contributed by atoms with van der Waals surface area (Å²) < 4.78 is 11.9. The topological polar surface area (TPSA) is 112 Å². The Balaban J connectivity index is 1.60. The summed E-state index contributed by atoms with van der Waals surface area (Å²) in [5.41, 5.74) is 0.657. The normalized spacial score (nSPS) is 10.5. The summed E-state index contributed by atoms with van der Waals surface area (Å²) in [7, 11) is 0. The molecule has 0 bridgehead atoms. The first-order valence-electron chi connectivity index (χ1n) is 10.5. The van der Waals surface area contributed by atoms with Gasteiger partial charge in [-0.2, -0.15) is 5.10 Å². The summed E-state index contributed by atoms with van der Waals surface area (Å²) in [5.74, 6) is 0.412. The van der Waals surface area contributed by atoms with Crippen molar-refractivity contribution >= 4 is 23.4 Å². The molecule has 2 amide bonds. The average molecular weight is 450 g/mol. The first-order valence-corrected chi connectivity index (χ1v) is 10.5. The van der Waals surface area contributed by atoms with Gasteiger partial charge in [0.25, 0.3) is 11.5 Å². The molecule has 9 heteroatoms. The Kier molecular flexibility index (Phi) is 8.18. The van der Waals surface area contributed by atoms with Gasteiger partial charge in [0, 0.05) is 17.4 Å². The van der Waals surface area contributed by atoms with Crippen molar-refractivity contribution in [2.75, 3.05) is 23.8 Å². The second kappa shape index (κ2) is 11.5. The van der Waals surface area contributed by atoms with Crippen molar-refractivity contribution in [2.45, 2.75) is 20.4 Å². The van der Waals surface area contributed by atoms with Crippen LogP contribution in [-0.4, -0.2) is 35.0 Å². The van der Waals surface area contributed by atoms with Gasteiger partial charge in [0.15, 0.2) is 0 Å². The largest absolute Gasteiger partial charge is 0.492 e. The molecule has 0 spiro atoms. The molecule has 9 nitrogen and oxygen atoms in total. The number of nitrogens with one attached hydrogen (secondary N) is 2. The number of benzene rings is 2. The highest BCUT2D eigenvalue weighted by molar-refractivity contribution is 6.03. The third kappa shape index (κ3) is 7.49. The SMILES string of the molecule is CC(C)COC(=O)Nc1cccc(NC(=O)c2ccc(=O)n(CCOc3ccccc3)n2)c1.